The van der Waals surface area contributed by atoms with E-state index in [9.17, 15) is 14.4 Å². The maximum atomic E-state index is 13.2. The number of aryl methyl sites for hydroxylation is 1. The first-order chi connectivity index (χ1) is 14.3. The molecule has 1 amide bonds. The molecular weight excluding hydrogens is 402 g/mol. The highest BCUT2D eigenvalue weighted by Gasteiger charge is 2.23. The summed E-state index contributed by atoms with van der Waals surface area (Å²) in [4.78, 5) is 42.6. The zero-order valence-electron chi connectivity index (χ0n) is 17.3. The SMILES string of the molecule is Cc1c(C(=O)OCc2ccccc2)sc2nc(C(C)C)n(CCCC(N)=O)c(=O)c12. The van der Waals surface area contributed by atoms with Crippen LogP contribution in [0.5, 0.6) is 0 Å². The molecule has 3 rings (SSSR count). The van der Waals surface area contributed by atoms with Crippen LogP contribution >= 0.6 is 11.3 Å². The molecular formula is C22H25N3O4S. The molecule has 0 unspecified atom stereocenters. The summed E-state index contributed by atoms with van der Waals surface area (Å²) in [5, 5.41) is 0.426. The van der Waals surface area contributed by atoms with Crippen molar-refractivity contribution in [1.82, 2.24) is 9.55 Å². The van der Waals surface area contributed by atoms with Crippen LogP contribution in [0.25, 0.3) is 10.2 Å². The van der Waals surface area contributed by atoms with Crippen molar-refractivity contribution in [3.63, 3.8) is 0 Å². The molecule has 0 bridgehead atoms. The molecule has 8 heteroatoms. The van der Waals surface area contributed by atoms with Gasteiger partial charge in [-0.05, 0) is 24.5 Å². The van der Waals surface area contributed by atoms with Gasteiger partial charge in [-0.2, -0.15) is 0 Å². The number of fused-ring (bicyclic) bond motifs is 1. The van der Waals surface area contributed by atoms with Gasteiger partial charge in [0, 0.05) is 18.9 Å². The van der Waals surface area contributed by atoms with E-state index in [4.69, 9.17) is 10.5 Å². The second kappa shape index (κ2) is 9.21. The third-order valence-corrected chi connectivity index (χ3v) is 5.97. The van der Waals surface area contributed by atoms with Crippen molar-refractivity contribution in [2.75, 3.05) is 0 Å². The number of carbonyl (C=O) groups excluding carboxylic acids is 2. The van der Waals surface area contributed by atoms with Crippen LogP contribution in [-0.4, -0.2) is 21.4 Å². The number of nitrogens with zero attached hydrogens (tertiary/aromatic N) is 2. The van der Waals surface area contributed by atoms with Crippen LogP contribution in [0.3, 0.4) is 0 Å². The highest BCUT2D eigenvalue weighted by molar-refractivity contribution is 7.20. The highest BCUT2D eigenvalue weighted by atomic mass is 32.1. The predicted molar refractivity (Wildman–Crippen MR) is 117 cm³/mol. The third-order valence-electron chi connectivity index (χ3n) is 4.80. The van der Waals surface area contributed by atoms with Gasteiger partial charge < -0.3 is 10.5 Å². The first-order valence-electron chi connectivity index (χ1n) is 9.82. The van der Waals surface area contributed by atoms with Gasteiger partial charge in [-0.1, -0.05) is 44.2 Å². The molecule has 2 aromatic heterocycles. The van der Waals surface area contributed by atoms with Gasteiger partial charge in [-0.3, -0.25) is 14.2 Å². The summed E-state index contributed by atoms with van der Waals surface area (Å²) in [5.41, 5.74) is 6.48. The van der Waals surface area contributed by atoms with Crippen LogP contribution in [0.1, 0.15) is 59.2 Å². The Labute approximate surface area is 178 Å². The molecule has 0 aliphatic rings. The molecule has 0 saturated heterocycles. The number of hydrogen-bond acceptors (Lipinski definition) is 6. The van der Waals surface area contributed by atoms with Crippen LogP contribution in [0.15, 0.2) is 35.1 Å². The fraction of sp³-hybridized carbons (Fsp3) is 0.364. The van der Waals surface area contributed by atoms with E-state index >= 15 is 0 Å². The standard InChI is InChI=1S/C22H25N3O4S/c1-13(2)19-24-20-17(21(27)25(19)11-7-10-16(23)26)14(3)18(30-20)22(28)29-12-15-8-5-4-6-9-15/h4-6,8-9,13H,7,10-12H2,1-3H3,(H2,23,26). The summed E-state index contributed by atoms with van der Waals surface area (Å²) in [7, 11) is 0. The molecule has 0 atom stereocenters. The number of primary amides is 1. The smallest absolute Gasteiger partial charge is 0.349 e. The molecule has 3 aromatic rings. The molecule has 0 radical (unpaired) electrons. The third kappa shape index (κ3) is 4.59. The van der Waals surface area contributed by atoms with Gasteiger partial charge in [0.15, 0.2) is 0 Å². The molecule has 0 spiro atoms. The molecule has 158 valence electrons. The van der Waals surface area contributed by atoms with Gasteiger partial charge in [-0.15, -0.1) is 11.3 Å². The van der Waals surface area contributed by atoms with Gasteiger partial charge in [0.1, 0.15) is 22.1 Å². The van der Waals surface area contributed by atoms with Crippen molar-refractivity contribution >= 4 is 33.4 Å². The minimum atomic E-state index is -0.467. The predicted octanol–water partition coefficient (Wildman–Crippen LogP) is 3.51. The van der Waals surface area contributed by atoms with E-state index in [2.05, 4.69) is 4.98 Å². The largest absolute Gasteiger partial charge is 0.457 e. The lowest BCUT2D eigenvalue weighted by Crippen LogP contribution is -2.26. The highest BCUT2D eigenvalue weighted by Crippen LogP contribution is 2.29. The number of benzene rings is 1. The van der Waals surface area contributed by atoms with Crippen molar-refractivity contribution in [2.24, 2.45) is 5.73 Å². The average molecular weight is 428 g/mol. The van der Waals surface area contributed by atoms with Crippen molar-refractivity contribution in [3.8, 4) is 0 Å². The van der Waals surface area contributed by atoms with Crippen LogP contribution in [0.2, 0.25) is 0 Å². The van der Waals surface area contributed by atoms with Crippen molar-refractivity contribution in [2.45, 2.75) is 52.7 Å². The van der Waals surface area contributed by atoms with E-state index in [-0.39, 0.29) is 24.5 Å². The number of nitrogens with two attached hydrogens (primary N) is 1. The van der Waals surface area contributed by atoms with Gasteiger partial charge in [-0.25, -0.2) is 9.78 Å². The van der Waals surface area contributed by atoms with Crippen LogP contribution in [0.4, 0.5) is 0 Å². The Balaban J connectivity index is 1.95. The molecule has 2 N–H and O–H groups in total. The summed E-state index contributed by atoms with van der Waals surface area (Å²) in [5.74, 6) is -0.238. The number of amides is 1. The molecule has 0 aliphatic heterocycles. The van der Waals surface area contributed by atoms with Gasteiger partial charge in [0.2, 0.25) is 5.91 Å². The van der Waals surface area contributed by atoms with E-state index in [1.54, 1.807) is 11.5 Å². The number of esters is 1. The Morgan fingerprint density at radius 1 is 1.23 bits per heavy atom. The topological polar surface area (TPSA) is 104 Å². The molecule has 0 fully saturated rings. The molecule has 0 saturated carbocycles. The first kappa shape index (κ1) is 21.7. The maximum Gasteiger partial charge on any atom is 0.349 e. The van der Waals surface area contributed by atoms with E-state index < -0.39 is 11.9 Å². The number of ether oxygens (including phenoxy) is 1. The second-order valence-corrected chi connectivity index (χ2v) is 8.45. The summed E-state index contributed by atoms with van der Waals surface area (Å²) in [6, 6.07) is 9.42. The van der Waals surface area contributed by atoms with Crippen LogP contribution < -0.4 is 11.3 Å². The van der Waals surface area contributed by atoms with Gasteiger partial charge in [0.05, 0.1) is 5.39 Å². The zero-order valence-corrected chi connectivity index (χ0v) is 18.1. The van der Waals surface area contributed by atoms with Crippen LogP contribution in [0, 0.1) is 6.92 Å². The molecule has 7 nitrogen and oxygen atoms in total. The Morgan fingerprint density at radius 3 is 2.57 bits per heavy atom. The minimum Gasteiger partial charge on any atom is -0.457 e. The summed E-state index contributed by atoms with van der Waals surface area (Å²) in [6.45, 7) is 6.15. The number of thiophene rings is 1. The molecule has 30 heavy (non-hydrogen) atoms. The van der Waals surface area contributed by atoms with Gasteiger partial charge >= 0.3 is 5.97 Å². The average Bonchev–Trinajstić information content (AvgIpc) is 3.04. The first-order valence-corrected chi connectivity index (χ1v) is 10.6. The monoisotopic (exact) mass is 427 g/mol. The lowest BCUT2D eigenvalue weighted by molar-refractivity contribution is -0.118. The van der Waals surface area contributed by atoms with Crippen molar-refractivity contribution in [3.05, 3.63) is 62.5 Å². The summed E-state index contributed by atoms with van der Waals surface area (Å²) >= 11 is 1.18. The lowest BCUT2D eigenvalue weighted by atomic mass is 10.1. The quantitative estimate of drug-likeness (QED) is 0.554. The van der Waals surface area contributed by atoms with E-state index in [1.807, 2.05) is 44.2 Å². The maximum absolute atomic E-state index is 13.2. The Bertz CT molecular complexity index is 1130. The number of hydrogen-bond donors (Lipinski definition) is 1. The molecule has 0 aliphatic carbocycles. The Kier molecular flexibility index (Phi) is 6.66. The molecule has 2 heterocycles. The summed E-state index contributed by atoms with van der Waals surface area (Å²) in [6.07, 6.45) is 0.652. The fourth-order valence-corrected chi connectivity index (χ4v) is 4.36. The fourth-order valence-electron chi connectivity index (χ4n) is 3.28. The van der Waals surface area contributed by atoms with Crippen LogP contribution in [-0.2, 0) is 22.7 Å². The normalized spacial score (nSPS) is 11.2. The van der Waals surface area contributed by atoms with Gasteiger partial charge in [0.25, 0.3) is 5.56 Å². The zero-order chi connectivity index (χ0) is 21.8. The number of rotatable bonds is 8. The summed E-state index contributed by atoms with van der Waals surface area (Å²) < 4.78 is 7.04. The molecule has 1 aromatic carbocycles. The number of carbonyl (C=O) groups is 2. The minimum absolute atomic E-state index is 0.00608. The lowest BCUT2D eigenvalue weighted by Gasteiger charge is -2.14. The van der Waals surface area contributed by atoms with E-state index in [0.717, 1.165) is 5.56 Å². The van der Waals surface area contributed by atoms with E-state index in [1.165, 1.54) is 11.3 Å². The van der Waals surface area contributed by atoms with E-state index in [0.29, 0.717) is 39.4 Å². The Morgan fingerprint density at radius 2 is 1.93 bits per heavy atom. The number of aromatic nitrogens is 2. The van der Waals surface area contributed by atoms with Crippen molar-refractivity contribution < 1.29 is 14.3 Å². The van der Waals surface area contributed by atoms with Crippen molar-refractivity contribution in [1.29, 1.82) is 0 Å². The Hall–Kier alpha value is -3.00. The second-order valence-electron chi connectivity index (χ2n) is 7.45.